The van der Waals surface area contributed by atoms with E-state index in [0.717, 1.165) is 25.4 Å². The van der Waals surface area contributed by atoms with Gasteiger partial charge in [0, 0.05) is 12.5 Å². The molecule has 0 aliphatic rings. The molecule has 0 N–H and O–H groups in total. The molecule has 1 aromatic carbocycles. The fourth-order valence-electron chi connectivity index (χ4n) is 1.45. The van der Waals surface area contributed by atoms with Gasteiger partial charge in [-0.25, -0.2) is 0 Å². The minimum absolute atomic E-state index is 0.423. The largest absolute Gasteiger partial charge is 0.381 e. The van der Waals surface area contributed by atoms with Gasteiger partial charge in [0.1, 0.15) is 0 Å². The molecule has 0 saturated heterocycles. The van der Waals surface area contributed by atoms with E-state index >= 15 is 0 Å². The van der Waals surface area contributed by atoms with Crippen LogP contribution in [0.5, 0.6) is 0 Å². The zero-order valence-electron chi connectivity index (χ0n) is 9.36. The number of rotatable bonds is 7. The molecule has 15 heavy (non-hydrogen) atoms. The Bertz CT molecular complexity index is 248. The average Bonchev–Trinajstić information content (AvgIpc) is 2.30. The van der Waals surface area contributed by atoms with Crippen molar-refractivity contribution in [2.45, 2.75) is 25.7 Å². The number of hydrogen-bond acceptors (Lipinski definition) is 2. The van der Waals surface area contributed by atoms with E-state index in [0.29, 0.717) is 5.92 Å². The number of ether oxygens (including phenoxy) is 1. The van der Waals surface area contributed by atoms with E-state index in [9.17, 15) is 0 Å². The number of thiol groups is 1. The first-order chi connectivity index (χ1) is 7.38. The Labute approximate surface area is 98.3 Å². The fraction of sp³-hybridized carbons (Fsp3) is 0.538. The summed E-state index contributed by atoms with van der Waals surface area (Å²) < 4.78 is 5.63. The standard InChI is InChI=1S/C13H20OS/c1-2-3-9-14-10-13(11-15)12-7-5-4-6-8-12/h4-8,13,15H,2-3,9-11H2,1H3. The van der Waals surface area contributed by atoms with Crippen LogP contribution >= 0.6 is 12.6 Å². The van der Waals surface area contributed by atoms with Crippen LogP contribution in [0, 0.1) is 0 Å². The first-order valence-corrected chi connectivity index (χ1v) is 6.25. The van der Waals surface area contributed by atoms with Crippen molar-refractivity contribution in [3.05, 3.63) is 35.9 Å². The third-order valence-electron chi connectivity index (χ3n) is 2.45. The molecular formula is C13H20OS. The summed E-state index contributed by atoms with van der Waals surface area (Å²) in [6.45, 7) is 3.83. The summed E-state index contributed by atoms with van der Waals surface area (Å²) in [6.07, 6.45) is 2.34. The van der Waals surface area contributed by atoms with E-state index in [2.05, 4.69) is 43.8 Å². The summed E-state index contributed by atoms with van der Waals surface area (Å²) >= 11 is 4.37. The van der Waals surface area contributed by atoms with Crippen LogP contribution < -0.4 is 0 Å². The Balaban J connectivity index is 2.36. The minimum atomic E-state index is 0.423. The highest BCUT2D eigenvalue weighted by Gasteiger charge is 2.08. The summed E-state index contributed by atoms with van der Waals surface area (Å²) in [5, 5.41) is 0. The molecule has 1 aromatic rings. The SMILES string of the molecule is CCCCOCC(CS)c1ccccc1. The Morgan fingerprint density at radius 1 is 1.27 bits per heavy atom. The lowest BCUT2D eigenvalue weighted by Crippen LogP contribution is -2.10. The van der Waals surface area contributed by atoms with Crippen LogP contribution in [-0.4, -0.2) is 19.0 Å². The van der Waals surface area contributed by atoms with Crippen LogP contribution in [0.2, 0.25) is 0 Å². The lowest BCUT2D eigenvalue weighted by Gasteiger charge is -2.14. The number of benzene rings is 1. The number of unbranched alkanes of at least 4 members (excludes halogenated alkanes) is 1. The van der Waals surface area contributed by atoms with Crippen molar-refractivity contribution in [2.75, 3.05) is 19.0 Å². The van der Waals surface area contributed by atoms with Gasteiger partial charge in [-0.15, -0.1) is 0 Å². The first-order valence-electron chi connectivity index (χ1n) is 5.62. The molecule has 0 amide bonds. The number of hydrogen-bond donors (Lipinski definition) is 1. The molecule has 1 unspecified atom stereocenters. The van der Waals surface area contributed by atoms with Crippen LogP contribution in [0.4, 0.5) is 0 Å². The lowest BCUT2D eigenvalue weighted by atomic mass is 10.0. The molecule has 0 saturated carbocycles. The second-order valence-electron chi connectivity index (χ2n) is 3.72. The Hall–Kier alpha value is -0.470. The Morgan fingerprint density at radius 3 is 2.60 bits per heavy atom. The van der Waals surface area contributed by atoms with E-state index < -0.39 is 0 Å². The summed E-state index contributed by atoms with van der Waals surface area (Å²) in [5.41, 5.74) is 1.32. The van der Waals surface area contributed by atoms with Gasteiger partial charge in [-0.2, -0.15) is 12.6 Å². The normalized spacial score (nSPS) is 12.7. The van der Waals surface area contributed by atoms with Gasteiger partial charge in [0.15, 0.2) is 0 Å². The van der Waals surface area contributed by atoms with Crippen LogP contribution in [-0.2, 0) is 4.74 Å². The summed E-state index contributed by atoms with van der Waals surface area (Å²) in [4.78, 5) is 0. The third-order valence-corrected chi connectivity index (χ3v) is 2.89. The van der Waals surface area contributed by atoms with Gasteiger partial charge in [0.2, 0.25) is 0 Å². The van der Waals surface area contributed by atoms with Crippen molar-refractivity contribution >= 4 is 12.6 Å². The van der Waals surface area contributed by atoms with E-state index in [1.165, 1.54) is 12.0 Å². The maximum atomic E-state index is 5.63. The van der Waals surface area contributed by atoms with Crippen molar-refractivity contribution in [2.24, 2.45) is 0 Å². The molecule has 0 aliphatic heterocycles. The first kappa shape index (κ1) is 12.6. The third kappa shape index (κ3) is 4.72. The second-order valence-corrected chi connectivity index (χ2v) is 4.08. The van der Waals surface area contributed by atoms with Crippen LogP contribution in [0.3, 0.4) is 0 Å². The monoisotopic (exact) mass is 224 g/mol. The summed E-state index contributed by atoms with van der Waals surface area (Å²) in [5.74, 6) is 1.27. The molecule has 0 aromatic heterocycles. The topological polar surface area (TPSA) is 9.23 Å². The van der Waals surface area contributed by atoms with Gasteiger partial charge in [-0.05, 0) is 17.7 Å². The fourth-order valence-corrected chi connectivity index (χ4v) is 1.77. The summed E-state index contributed by atoms with van der Waals surface area (Å²) in [7, 11) is 0. The minimum Gasteiger partial charge on any atom is -0.381 e. The molecular weight excluding hydrogens is 204 g/mol. The molecule has 0 aliphatic carbocycles. The van der Waals surface area contributed by atoms with E-state index in [1.807, 2.05) is 6.07 Å². The van der Waals surface area contributed by atoms with Crippen molar-refractivity contribution in [3.63, 3.8) is 0 Å². The molecule has 0 spiro atoms. The molecule has 1 nitrogen and oxygen atoms in total. The molecule has 2 heteroatoms. The van der Waals surface area contributed by atoms with Gasteiger partial charge >= 0.3 is 0 Å². The highest BCUT2D eigenvalue weighted by Crippen LogP contribution is 2.17. The molecule has 0 bridgehead atoms. The van der Waals surface area contributed by atoms with Crippen LogP contribution in [0.25, 0.3) is 0 Å². The quantitative estimate of drug-likeness (QED) is 0.551. The van der Waals surface area contributed by atoms with Crippen molar-refractivity contribution < 1.29 is 4.74 Å². The Morgan fingerprint density at radius 2 is 2.00 bits per heavy atom. The van der Waals surface area contributed by atoms with Crippen molar-refractivity contribution in [1.29, 1.82) is 0 Å². The molecule has 0 radical (unpaired) electrons. The highest BCUT2D eigenvalue weighted by molar-refractivity contribution is 7.80. The molecule has 0 heterocycles. The molecule has 0 fully saturated rings. The molecule has 84 valence electrons. The van der Waals surface area contributed by atoms with Gasteiger partial charge in [0.05, 0.1) is 6.61 Å². The van der Waals surface area contributed by atoms with Crippen LogP contribution in [0.1, 0.15) is 31.2 Å². The van der Waals surface area contributed by atoms with Crippen molar-refractivity contribution in [1.82, 2.24) is 0 Å². The predicted molar refractivity (Wildman–Crippen MR) is 68.8 cm³/mol. The van der Waals surface area contributed by atoms with E-state index in [-0.39, 0.29) is 0 Å². The zero-order chi connectivity index (χ0) is 10.9. The zero-order valence-corrected chi connectivity index (χ0v) is 10.2. The van der Waals surface area contributed by atoms with Gasteiger partial charge in [-0.1, -0.05) is 43.7 Å². The average molecular weight is 224 g/mol. The van der Waals surface area contributed by atoms with Gasteiger partial charge in [-0.3, -0.25) is 0 Å². The second kappa shape index (κ2) is 7.77. The van der Waals surface area contributed by atoms with E-state index in [4.69, 9.17) is 4.74 Å². The Kier molecular flexibility index (Phi) is 6.53. The smallest absolute Gasteiger partial charge is 0.0542 e. The van der Waals surface area contributed by atoms with Crippen LogP contribution in [0.15, 0.2) is 30.3 Å². The van der Waals surface area contributed by atoms with Gasteiger partial charge in [0.25, 0.3) is 0 Å². The van der Waals surface area contributed by atoms with E-state index in [1.54, 1.807) is 0 Å². The summed E-state index contributed by atoms with van der Waals surface area (Å²) in [6, 6.07) is 10.5. The predicted octanol–water partition coefficient (Wildman–Crippen LogP) is 3.52. The molecule has 1 rings (SSSR count). The molecule has 1 atom stereocenters. The maximum Gasteiger partial charge on any atom is 0.0542 e. The lowest BCUT2D eigenvalue weighted by molar-refractivity contribution is 0.122. The highest BCUT2D eigenvalue weighted by atomic mass is 32.1. The maximum absolute atomic E-state index is 5.63. The van der Waals surface area contributed by atoms with Crippen molar-refractivity contribution in [3.8, 4) is 0 Å². The van der Waals surface area contributed by atoms with Gasteiger partial charge < -0.3 is 4.74 Å².